The Morgan fingerprint density at radius 1 is 1.33 bits per heavy atom. The minimum absolute atomic E-state index is 0.000952. The third-order valence-electron chi connectivity index (χ3n) is 2.82. The van der Waals surface area contributed by atoms with Gasteiger partial charge in [0.15, 0.2) is 5.78 Å². The van der Waals surface area contributed by atoms with E-state index in [-0.39, 0.29) is 18.6 Å². The number of Topliss-reactive ketones (excluding diaryl/α,β-unsaturated/α-hetero) is 1. The van der Waals surface area contributed by atoms with Crippen molar-refractivity contribution in [2.24, 2.45) is 7.05 Å². The summed E-state index contributed by atoms with van der Waals surface area (Å²) in [6.45, 7) is 0. The molecule has 0 aliphatic heterocycles. The lowest BCUT2D eigenvalue weighted by molar-refractivity contribution is -0.136. The van der Waals surface area contributed by atoms with Crippen molar-refractivity contribution in [3.05, 3.63) is 35.0 Å². The van der Waals surface area contributed by atoms with E-state index in [0.29, 0.717) is 10.6 Å². The minimum atomic E-state index is -0.971. The number of carbonyl (C=O) groups excluding carboxylic acids is 1. The molecule has 1 aromatic heterocycles. The van der Waals surface area contributed by atoms with Crippen LogP contribution in [-0.4, -0.2) is 21.4 Å². The van der Waals surface area contributed by atoms with Crippen LogP contribution in [0.2, 0.25) is 5.02 Å². The van der Waals surface area contributed by atoms with Crippen molar-refractivity contribution in [1.29, 1.82) is 0 Å². The standard InChI is InChI=1S/C13H12ClNO3/c1-15-7-10(12(16)4-5-13(17)18)9-6-8(14)2-3-11(9)15/h2-3,6-7H,4-5H2,1H3,(H,17,18). The van der Waals surface area contributed by atoms with Gasteiger partial charge in [-0.05, 0) is 18.2 Å². The van der Waals surface area contributed by atoms with Gasteiger partial charge >= 0.3 is 5.97 Å². The molecule has 94 valence electrons. The molecule has 4 nitrogen and oxygen atoms in total. The number of fused-ring (bicyclic) bond motifs is 1. The first-order valence-corrected chi connectivity index (χ1v) is 5.86. The van der Waals surface area contributed by atoms with Crippen LogP contribution >= 0.6 is 11.6 Å². The smallest absolute Gasteiger partial charge is 0.303 e. The molecular formula is C13H12ClNO3. The molecule has 0 unspecified atom stereocenters. The van der Waals surface area contributed by atoms with E-state index >= 15 is 0 Å². The van der Waals surface area contributed by atoms with E-state index in [1.165, 1.54) is 0 Å². The van der Waals surface area contributed by atoms with Crippen molar-refractivity contribution in [1.82, 2.24) is 4.57 Å². The summed E-state index contributed by atoms with van der Waals surface area (Å²) in [5.41, 5.74) is 1.43. The lowest BCUT2D eigenvalue weighted by Gasteiger charge is -1.98. The van der Waals surface area contributed by atoms with Crippen LogP contribution in [0.5, 0.6) is 0 Å². The third kappa shape index (κ3) is 2.38. The second-order valence-corrected chi connectivity index (χ2v) is 4.57. The number of carboxylic acid groups (broad SMARTS) is 1. The van der Waals surface area contributed by atoms with E-state index in [0.717, 1.165) is 10.9 Å². The number of benzene rings is 1. The van der Waals surface area contributed by atoms with Crippen molar-refractivity contribution < 1.29 is 14.7 Å². The average Bonchev–Trinajstić information content (AvgIpc) is 2.63. The molecule has 1 N–H and O–H groups in total. The monoisotopic (exact) mass is 265 g/mol. The lowest BCUT2D eigenvalue weighted by Crippen LogP contribution is -2.03. The minimum Gasteiger partial charge on any atom is -0.481 e. The zero-order chi connectivity index (χ0) is 13.3. The maximum atomic E-state index is 12.0. The largest absolute Gasteiger partial charge is 0.481 e. The number of rotatable bonds is 4. The van der Waals surface area contributed by atoms with Gasteiger partial charge < -0.3 is 9.67 Å². The Balaban J connectivity index is 2.41. The fourth-order valence-electron chi connectivity index (χ4n) is 1.94. The first-order valence-electron chi connectivity index (χ1n) is 5.48. The van der Waals surface area contributed by atoms with Gasteiger partial charge in [-0.1, -0.05) is 11.6 Å². The molecule has 0 atom stereocenters. The van der Waals surface area contributed by atoms with Gasteiger partial charge in [0.1, 0.15) is 0 Å². The van der Waals surface area contributed by atoms with E-state index < -0.39 is 5.97 Å². The van der Waals surface area contributed by atoms with Gasteiger partial charge in [-0.25, -0.2) is 0 Å². The van der Waals surface area contributed by atoms with Crippen LogP contribution in [0.3, 0.4) is 0 Å². The molecule has 0 bridgehead atoms. The Morgan fingerprint density at radius 3 is 2.72 bits per heavy atom. The second-order valence-electron chi connectivity index (χ2n) is 4.13. The van der Waals surface area contributed by atoms with Crippen molar-refractivity contribution in [2.45, 2.75) is 12.8 Å². The van der Waals surface area contributed by atoms with E-state index in [1.54, 1.807) is 18.3 Å². The summed E-state index contributed by atoms with van der Waals surface area (Å²) in [4.78, 5) is 22.4. The number of hydrogen-bond donors (Lipinski definition) is 1. The fraction of sp³-hybridized carbons (Fsp3) is 0.231. The Labute approximate surface area is 109 Å². The van der Waals surface area contributed by atoms with Crippen molar-refractivity contribution >= 4 is 34.3 Å². The lowest BCUT2D eigenvalue weighted by atomic mass is 10.1. The Bertz CT molecular complexity index is 630. The Hall–Kier alpha value is -1.81. The quantitative estimate of drug-likeness (QED) is 0.865. The highest BCUT2D eigenvalue weighted by Crippen LogP contribution is 2.25. The molecule has 0 aliphatic carbocycles. The number of hydrogen-bond acceptors (Lipinski definition) is 2. The summed E-state index contributed by atoms with van der Waals surface area (Å²) < 4.78 is 1.83. The topological polar surface area (TPSA) is 59.3 Å². The van der Waals surface area contributed by atoms with Crippen LogP contribution in [0.25, 0.3) is 10.9 Å². The number of aryl methyl sites for hydroxylation is 1. The zero-order valence-corrected chi connectivity index (χ0v) is 10.6. The van der Waals surface area contributed by atoms with Crippen molar-refractivity contribution in [3.8, 4) is 0 Å². The first kappa shape index (κ1) is 12.6. The number of ketones is 1. The fourth-order valence-corrected chi connectivity index (χ4v) is 2.11. The predicted octanol–water partition coefficient (Wildman–Crippen LogP) is 2.88. The molecule has 0 saturated carbocycles. The molecule has 5 heteroatoms. The molecule has 0 aliphatic rings. The summed E-state index contributed by atoms with van der Waals surface area (Å²) in [5.74, 6) is -1.15. The van der Waals surface area contributed by atoms with Crippen LogP contribution < -0.4 is 0 Å². The van der Waals surface area contributed by atoms with Gasteiger partial charge in [0, 0.05) is 41.2 Å². The van der Waals surface area contributed by atoms with Crippen LogP contribution in [0, 0.1) is 0 Å². The van der Waals surface area contributed by atoms with Crippen LogP contribution in [0.4, 0.5) is 0 Å². The first-order chi connectivity index (χ1) is 8.49. The maximum Gasteiger partial charge on any atom is 0.303 e. The summed E-state index contributed by atoms with van der Waals surface area (Å²) >= 11 is 5.92. The highest BCUT2D eigenvalue weighted by atomic mass is 35.5. The van der Waals surface area contributed by atoms with Crippen molar-refractivity contribution in [2.75, 3.05) is 0 Å². The molecule has 2 aromatic rings. The van der Waals surface area contributed by atoms with Gasteiger partial charge in [0.25, 0.3) is 0 Å². The molecule has 18 heavy (non-hydrogen) atoms. The van der Waals surface area contributed by atoms with Gasteiger partial charge in [-0.15, -0.1) is 0 Å². The number of carboxylic acids is 1. The Morgan fingerprint density at radius 2 is 2.06 bits per heavy atom. The van der Waals surface area contributed by atoms with Gasteiger partial charge in [-0.2, -0.15) is 0 Å². The average molecular weight is 266 g/mol. The molecular weight excluding hydrogens is 254 g/mol. The van der Waals surface area contributed by atoms with Crippen LogP contribution in [0.15, 0.2) is 24.4 Å². The molecule has 0 fully saturated rings. The normalized spacial score (nSPS) is 10.8. The predicted molar refractivity (Wildman–Crippen MR) is 69.1 cm³/mol. The van der Waals surface area contributed by atoms with Crippen LogP contribution in [0.1, 0.15) is 23.2 Å². The highest BCUT2D eigenvalue weighted by molar-refractivity contribution is 6.31. The number of halogens is 1. The summed E-state index contributed by atoms with van der Waals surface area (Å²) in [6.07, 6.45) is 1.56. The van der Waals surface area contributed by atoms with Gasteiger partial charge in [0.05, 0.1) is 6.42 Å². The molecule has 0 radical (unpaired) electrons. The Kier molecular flexibility index (Phi) is 3.39. The highest BCUT2D eigenvalue weighted by Gasteiger charge is 2.15. The van der Waals surface area contributed by atoms with Crippen LogP contribution in [-0.2, 0) is 11.8 Å². The second kappa shape index (κ2) is 4.82. The summed E-state index contributed by atoms with van der Waals surface area (Å²) in [5, 5.41) is 9.91. The SMILES string of the molecule is Cn1cc(C(=O)CCC(=O)O)c2cc(Cl)ccc21. The van der Waals surface area contributed by atoms with E-state index in [2.05, 4.69) is 0 Å². The number of carbonyl (C=O) groups is 2. The zero-order valence-electron chi connectivity index (χ0n) is 9.81. The van der Waals surface area contributed by atoms with Gasteiger partial charge in [-0.3, -0.25) is 9.59 Å². The molecule has 0 saturated heterocycles. The van der Waals surface area contributed by atoms with Gasteiger partial charge in [0.2, 0.25) is 0 Å². The number of aromatic nitrogens is 1. The molecule has 1 heterocycles. The third-order valence-corrected chi connectivity index (χ3v) is 3.05. The molecule has 2 rings (SSSR count). The van der Waals surface area contributed by atoms with Crippen molar-refractivity contribution in [3.63, 3.8) is 0 Å². The van der Waals surface area contributed by atoms with E-state index in [9.17, 15) is 9.59 Å². The van der Waals surface area contributed by atoms with E-state index in [4.69, 9.17) is 16.7 Å². The molecule has 0 amide bonds. The summed E-state index contributed by atoms with van der Waals surface area (Å²) in [7, 11) is 1.84. The number of aliphatic carboxylic acids is 1. The molecule has 1 aromatic carbocycles. The molecule has 0 spiro atoms. The summed E-state index contributed by atoms with van der Waals surface area (Å²) in [6, 6.07) is 5.33. The number of nitrogens with zero attached hydrogens (tertiary/aromatic N) is 1. The van der Waals surface area contributed by atoms with E-state index in [1.807, 2.05) is 17.7 Å². The maximum absolute atomic E-state index is 12.0.